The molecular weight excluding hydrogens is 263 g/mol. The van der Waals surface area contributed by atoms with Crippen LogP contribution in [-0.2, 0) is 0 Å². The summed E-state index contributed by atoms with van der Waals surface area (Å²) in [5.74, 6) is -0.191. The molecule has 3 aromatic rings. The molecule has 1 aromatic carbocycles. The largest absolute Gasteiger partial charge is 0.508 e. The molecule has 20 heavy (non-hydrogen) atoms. The average molecular weight is 274 g/mol. The van der Waals surface area contributed by atoms with Crippen molar-refractivity contribution in [3.05, 3.63) is 24.0 Å². The maximum Gasteiger partial charge on any atom is 0.226 e. The van der Waals surface area contributed by atoms with Gasteiger partial charge in [0.15, 0.2) is 5.65 Å². The lowest BCUT2D eigenvalue weighted by Gasteiger charge is -2.03. The third-order valence-electron chi connectivity index (χ3n) is 2.83. The molecule has 0 spiro atoms. The molecule has 5 N–H and O–H groups in total. The van der Waals surface area contributed by atoms with Crippen LogP contribution in [0.2, 0.25) is 0 Å². The van der Waals surface area contributed by atoms with Crippen LogP contribution < -0.4 is 11.1 Å². The van der Waals surface area contributed by atoms with Crippen molar-refractivity contribution in [3.8, 4) is 17.0 Å². The van der Waals surface area contributed by atoms with E-state index < -0.39 is 5.82 Å². The Bertz CT molecular complexity index is 780. The van der Waals surface area contributed by atoms with Crippen LogP contribution in [-0.4, -0.2) is 32.3 Å². The number of fused-ring (bicyclic) bond motifs is 1. The van der Waals surface area contributed by atoms with Crippen molar-refractivity contribution in [2.24, 2.45) is 0 Å². The zero-order valence-corrected chi connectivity index (χ0v) is 10.5. The molecule has 0 aliphatic rings. The van der Waals surface area contributed by atoms with Gasteiger partial charge >= 0.3 is 0 Å². The van der Waals surface area contributed by atoms with E-state index in [2.05, 4.69) is 25.5 Å². The Morgan fingerprint density at radius 2 is 2.10 bits per heavy atom. The Morgan fingerprint density at radius 3 is 2.80 bits per heavy atom. The van der Waals surface area contributed by atoms with Crippen molar-refractivity contribution >= 4 is 22.8 Å². The van der Waals surface area contributed by atoms with Crippen molar-refractivity contribution in [3.63, 3.8) is 0 Å². The Kier molecular flexibility index (Phi) is 2.63. The minimum Gasteiger partial charge on any atom is -0.508 e. The first-order valence-electron chi connectivity index (χ1n) is 5.77. The zero-order valence-electron chi connectivity index (χ0n) is 10.5. The minimum absolute atomic E-state index is 0.192. The molecule has 2 aromatic heterocycles. The summed E-state index contributed by atoms with van der Waals surface area (Å²) < 4.78 is 13.4. The molecule has 0 aliphatic carbocycles. The second-order valence-corrected chi connectivity index (χ2v) is 4.18. The molecule has 0 unspecified atom stereocenters. The Hall–Kier alpha value is -2.90. The number of aromatic nitrogens is 4. The fourth-order valence-electron chi connectivity index (χ4n) is 1.99. The number of H-pyrrole nitrogens is 1. The second kappa shape index (κ2) is 4.34. The summed E-state index contributed by atoms with van der Waals surface area (Å²) in [5.41, 5.74) is 7.09. The number of rotatable bonds is 2. The first-order chi connectivity index (χ1) is 9.58. The number of nitrogen functional groups attached to an aromatic ring is 1. The van der Waals surface area contributed by atoms with Crippen LogP contribution in [0.15, 0.2) is 18.2 Å². The van der Waals surface area contributed by atoms with Gasteiger partial charge in [-0.3, -0.25) is 5.10 Å². The topological polar surface area (TPSA) is 113 Å². The smallest absolute Gasteiger partial charge is 0.226 e. The summed E-state index contributed by atoms with van der Waals surface area (Å²) in [5, 5.41) is 19.5. The standard InChI is InChI=1S/C12H11FN6O/c1-15-12-16-10(14)8-9(18-19-11(8)17-12)5-2-6(13)4-7(20)3-5/h2-4,20H,1H3,(H4,14,15,16,17,18,19). The van der Waals surface area contributed by atoms with Crippen LogP contribution in [0.5, 0.6) is 5.75 Å². The molecule has 0 radical (unpaired) electrons. The van der Waals surface area contributed by atoms with Crippen LogP contribution in [0, 0.1) is 5.82 Å². The van der Waals surface area contributed by atoms with Gasteiger partial charge in [-0.25, -0.2) is 4.39 Å². The molecular formula is C12H11FN6O. The maximum absolute atomic E-state index is 13.4. The summed E-state index contributed by atoms with van der Waals surface area (Å²) >= 11 is 0. The van der Waals surface area contributed by atoms with Crippen LogP contribution in [0.4, 0.5) is 16.2 Å². The maximum atomic E-state index is 13.4. The van der Waals surface area contributed by atoms with Gasteiger partial charge in [0.2, 0.25) is 5.95 Å². The summed E-state index contributed by atoms with van der Waals surface area (Å²) in [6.07, 6.45) is 0. The summed E-state index contributed by atoms with van der Waals surface area (Å²) in [7, 11) is 1.67. The van der Waals surface area contributed by atoms with Crippen LogP contribution in [0.1, 0.15) is 0 Å². The normalized spacial score (nSPS) is 10.9. The number of anilines is 2. The van der Waals surface area contributed by atoms with E-state index >= 15 is 0 Å². The second-order valence-electron chi connectivity index (χ2n) is 4.18. The van der Waals surface area contributed by atoms with Gasteiger partial charge < -0.3 is 16.2 Å². The van der Waals surface area contributed by atoms with Gasteiger partial charge in [-0.15, -0.1) is 0 Å². The number of hydrogen-bond donors (Lipinski definition) is 4. The predicted molar refractivity (Wildman–Crippen MR) is 72.7 cm³/mol. The number of hydrogen-bond acceptors (Lipinski definition) is 6. The lowest BCUT2D eigenvalue weighted by atomic mass is 10.1. The van der Waals surface area contributed by atoms with Crippen molar-refractivity contribution < 1.29 is 9.50 Å². The van der Waals surface area contributed by atoms with Gasteiger partial charge in [0, 0.05) is 18.7 Å². The molecule has 8 heteroatoms. The lowest BCUT2D eigenvalue weighted by molar-refractivity contribution is 0.469. The molecule has 0 fully saturated rings. The van der Waals surface area contributed by atoms with E-state index in [9.17, 15) is 9.50 Å². The van der Waals surface area contributed by atoms with E-state index in [1.165, 1.54) is 12.1 Å². The van der Waals surface area contributed by atoms with Crippen molar-refractivity contribution in [2.45, 2.75) is 0 Å². The minimum atomic E-state index is -0.567. The number of phenolic OH excluding ortho intramolecular Hbond substituents is 1. The van der Waals surface area contributed by atoms with E-state index in [0.29, 0.717) is 28.2 Å². The van der Waals surface area contributed by atoms with Crippen LogP contribution in [0.25, 0.3) is 22.3 Å². The number of halogens is 1. The highest BCUT2D eigenvalue weighted by molar-refractivity contribution is 5.98. The number of phenols is 1. The first-order valence-corrected chi connectivity index (χ1v) is 5.77. The molecule has 2 heterocycles. The van der Waals surface area contributed by atoms with E-state index in [1.807, 2.05) is 0 Å². The number of aromatic hydroxyl groups is 1. The number of nitrogens with zero attached hydrogens (tertiary/aromatic N) is 3. The molecule has 102 valence electrons. The lowest BCUT2D eigenvalue weighted by Crippen LogP contribution is -2.00. The summed E-state index contributed by atoms with van der Waals surface area (Å²) in [6.45, 7) is 0. The highest BCUT2D eigenvalue weighted by Gasteiger charge is 2.15. The molecule has 0 saturated carbocycles. The van der Waals surface area contributed by atoms with Crippen molar-refractivity contribution in [1.29, 1.82) is 0 Å². The number of nitrogens with one attached hydrogen (secondary N) is 2. The summed E-state index contributed by atoms with van der Waals surface area (Å²) in [6, 6.07) is 3.65. The summed E-state index contributed by atoms with van der Waals surface area (Å²) in [4.78, 5) is 8.23. The van der Waals surface area contributed by atoms with Gasteiger partial charge in [0.05, 0.1) is 5.39 Å². The van der Waals surface area contributed by atoms with Gasteiger partial charge in [0.1, 0.15) is 23.1 Å². The molecule has 7 nitrogen and oxygen atoms in total. The van der Waals surface area contributed by atoms with Crippen LogP contribution in [0.3, 0.4) is 0 Å². The van der Waals surface area contributed by atoms with Crippen LogP contribution >= 0.6 is 0 Å². The van der Waals surface area contributed by atoms with E-state index in [-0.39, 0.29) is 11.6 Å². The third-order valence-corrected chi connectivity index (χ3v) is 2.83. The van der Waals surface area contributed by atoms with Crippen molar-refractivity contribution in [1.82, 2.24) is 20.2 Å². The highest BCUT2D eigenvalue weighted by Crippen LogP contribution is 2.31. The van der Waals surface area contributed by atoms with Gasteiger partial charge in [-0.1, -0.05) is 0 Å². The SMILES string of the molecule is CNc1nc(N)c2c(-c3cc(O)cc(F)c3)n[nH]c2n1. The van der Waals surface area contributed by atoms with E-state index in [1.54, 1.807) is 7.05 Å². The van der Waals surface area contributed by atoms with E-state index in [0.717, 1.165) is 6.07 Å². The Labute approximate surface area is 112 Å². The Balaban J connectivity index is 2.27. The average Bonchev–Trinajstić information content (AvgIpc) is 2.81. The van der Waals surface area contributed by atoms with Gasteiger partial charge in [-0.2, -0.15) is 15.1 Å². The fourth-order valence-corrected chi connectivity index (χ4v) is 1.99. The number of aromatic amines is 1. The molecule has 3 rings (SSSR count). The van der Waals surface area contributed by atoms with Gasteiger partial charge in [-0.05, 0) is 12.1 Å². The van der Waals surface area contributed by atoms with E-state index in [4.69, 9.17) is 5.73 Å². The predicted octanol–water partition coefficient (Wildman–Crippen LogP) is 1.49. The number of nitrogens with two attached hydrogens (primary N) is 1. The quantitative estimate of drug-likeness (QED) is 0.563. The first kappa shape index (κ1) is 12.2. The fraction of sp³-hybridized carbons (Fsp3) is 0.0833. The Morgan fingerprint density at radius 1 is 1.30 bits per heavy atom. The van der Waals surface area contributed by atoms with Crippen molar-refractivity contribution in [2.75, 3.05) is 18.1 Å². The highest BCUT2D eigenvalue weighted by atomic mass is 19.1. The number of benzene rings is 1. The molecule has 0 bridgehead atoms. The third kappa shape index (κ3) is 1.87. The molecule has 0 aliphatic heterocycles. The zero-order chi connectivity index (χ0) is 14.3. The molecule has 0 atom stereocenters. The molecule has 0 saturated heterocycles. The van der Waals surface area contributed by atoms with Gasteiger partial charge in [0.25, 0.3) is 0 Å². The monoisotopic (exact) mass is 274 g/mol. The molecule has 0 amide bonds.